The summed E-state index contributed by atoms with van der Waals surface area (Å²) in [7, 11) is 1.62. The lowest BCUT2D eigenvalue weighted by Crippen LogP contribution is -2.49. The highest BCUT2D eigenvalue weighted by atomic mass is 35.5. The number of fused-ring (bicyclic) bond motifs is 2. The van der Waals surface area contributed by atoms with Crippen LogP contribution in [0, 0.1) is 5.82 Å². The van der Waals surface area contributed by atoms with Gasteiger partial charge in [-0.15, -0.1) is 0 Å². The predicted octanol–water partition coefficient (Wildman–Crippen LogP) is 5.27. The molecular weight excluding hydrogens is 481 g/mol. The number of carbonyl (C=O) groups excluding carboxylic acids is 1. The van der Waals surface area contributed by atoms with Gasteiger partial charge in [0.25, 0.3) is 5.91 Å². The van der Waals surface area contributed by atoms with Crippen molar-refractivity contribution in [1.82, 2.24) is 19.4 Å². The highest BCUT2D eigenvalue weighted by Crippen LogP contribution is 2.34. The largest absolute Gasteiger partial charge is 0.493 e. The smallest absolute Gasteiger partial charge is 0.270 e. The zero-order valence-corrected chi connectivity index (χ0v) is 20.3. The van der Waals surface area contributed by atoms with Crippen LogP contribution < -0.4 is 9.64 Å². The lowest BCUT2D eigenvalue weighted by atomic mass is 10.2. The second kappa shape index (κ2) is 8.87. The first-order valence-electron chi connectivity index (χ1n) is 11.7. The molecule has 4 heterocycles. The van der Waals surface area contributed by atoms with E-state index in [1.165, 1.54) is 0 Å². The van der Waals surface area contributed by atoms with Crippen LogP contribution in [0.4, 0.5) is 10.2 Å². The number of ether oxygens (including phenoxy) is 1. The monoisotopic (exact) mass is 503 g/mol. The Morgan fingerprint density at radius 2 is 1.89 bits per heavy atom. The summed E-state index contributed by atoms with van der Waals surface area (Å²) in [6.45, 7) is 2.23. The van der Waals surface area contributed by atoms with E-state index >= 15 is 4.39 Å². The molecule has 1 N–H and O–H groups in total. The molecule has 0 unspecified atom stereocenters. The second-order valence-corrected chi connectivity index (χ2v) is 9.12. The fraction of sp³-hybridized carbons (Fsp3) is 0.185. The van der Waals surface area contributed by atoms with Gasteiger partial charge in [-0.05, 0) is 41.8 Å². The molecule has 7 nitrogen and oxygen atoms in total. The average molecular weight is 504 g/mol. The number of carbonyl (C=O) groups is 1. The zero-order chi connectivity index (χ0) is 24.8. The number of aromatic amines is 1. The Morgan fingerprint density at radius 3 is 2.69 bits per heavy atom. The molecule has 9 heteroatoms. The van der Waals surface area contributed by atoms with Gasteiger partial charge in [-0.25, -0.2) is 9.37 Å². The number of H-pyrrole nitrogens is 1. The van der Waals surface area contributed by atoms with Crippen LogP contribution in [0.3, 0.4) is 0 Å². The Hall–Kier alpha value is -4.04. The number of amides is 1. The van der Waals surface area contributed by atoms with Crippen LogP contribution in [-0.4, -0.2) is 58.6 Å². The number of aromatic nitrogens is 3. The van der Waals surface area contributed by atoms with E-state index in [1.807, 2.05) is 53.2 Å². The van der Waals surface area contributed by atoms with E-state index < -0.39 is 5.82 Å². The van der Waals surface area contributed by atoms with Crippen LogP contribution in [0.2, 0.25) is 5.02 Å². The van der Waals surface area contributed by atoms with Crippen LogP contribution in [0.5, 0.6) is 5.75 Å². The van der Waals surface area contributed by atoms with Crippen LogP contribution in [0.1, 0.15) is 10.5 Å². The van der Waals surface area contributed by atoms with Crippen LogP contribution in [0.25, 0.3) is 27.5 Å². The van der Waals surface area contributed by atoms with Gasteiger partial charge in [0.15, 0.2) is 17.4 Å². The molecule has 1 aliphatic rings. The van der Waals surface area contributed by atoms with Crippen LogP contribution in [-0.2, 0) is 0 Å². The molecule has 0 atom stereocenters. The van der Waals surface area contributed by atoms with E-state index in [2.05, 4.69) is 14.9 Å². The molecule has 36 heavy (non-hydrogen) atoms. The summed E-state index contributed by atoms with van der Waals surface area (Å²) < 4.78 is 22.4. The SMILES string of the molecule is COc1cccnc1N1CCN(C(=O)c2cc3c(-n4ccc5ccccc54)cc(Cl)c(F)c3[nH]2)CC1. The molecular formula is C27H23ClFN5O2. The predicted molar refractivity (Wildman–Crippen MR) is 139 cm³/mol. The molecule has 1 fully saturated rings. The lowest BCUT2D eigenvalue weighted by Gasteiger charge is -2.35. The number of para-hydroxylation sites is 1. The summed E-state index contributed by atoms with van der Waals surface area (Å²) >= 11 is 6.27. The number of anilines is 1. The van der Waals surface area contributed by atoms with Crippen molar-refractivity contribution in [1.29, 1.82) is 0 Å². The van der Waals surface area contributed by atoms with Crippen molar-refractivity contribution < 1.29 is 13.9 Å². The molecule has 1 saturated heterocycles. The Balaban J connectivity index is 1.31. The van der Waals surface area contributed by atoms with Gasteiger partial charge in [0.05, 0.1) is 28.9 Å². The van der Waals surface area contributed by atoms with Crippen molar-refractivity contribution in [2.45, 2.75) is 0 Å². The lowest BCUT2D eigenvalue weighted by molar-refractivity contribution is 0.0741. The first-order chi connectivity index (χ1) is 17.5. The fourth-order valence-corrected chi connectivity index (χ4v) is 5.09. The molecule has 0 radical (unpaired) electrons. The molecule has 3 aromatic heterocycles. The van der Waals surface area contributed by atoms with Gasteiger partial charge < -0.3 is 24.1 Å². The van der Waals surface area contributed by atoms with Crippen molar-refractivity contribution in [3.05, 3.63) is 83.5 Å². The minimum absolute atomic E-state index is 0.00551. The van der Waals surface area contributed by atoms with E-state index in [9.17, 15) is 4.79 Å². The molecule has 1 amide bonds. The Bertz CT molecular complexity index is 1600. The van der Waals surface area contributed by atoms with Crippen molar-refractivity contribution in [3.63, 3.8) is 0 Å². The number of nitrogens with one attached hydrogen (secondary N) is 1. The van der Waals surface area contributed by atoms with Crippen LogP contribution >= 0.6 is 11.6 Å². The minimum atomic E-state index is -0.571. The van der Waals surface area contributed by atoms with E-state index in [0.717, 1.165) is 16.7 Å². The van der Waals surface area contributed by atoms with Crippen molar-refractivity contribution in [2.24, 2.45) is 0 Å². The first kappa shape index (κ1) is 22.4. The molecule has 182 valence electrons. The average Bonchev–Trinajstić information content (AvgIpc) is 3.56. The van der Waals surface area contributed by atoms with E-state index in [-0.39, 0.29) is 16.4 Å². The van der Waals surface area contributed by atoms with E-state index in [0.29, 0.717) is 48.7 Å². The molecule has 6 rings (SSSR count). The Labute approximate surface area is 211 Å². The minimum Gasteiger partial charge on any atom is -0.493 e. The van der Waals surface area contributed by atoms with E-state index in [4.69, 9.17) is 16.3 Å². The number of methoxy groups -OCH3 is 1. The third-order valence-electron chi connectivity index (χ3n) is 6.71. The molecule has 0 spiro atoms. The Morgan fingerprint density at radius 1 is 1.08 bits per heavy atom. The summed E-state index contributed by atoms with van der Waals surface area (Å²) in [4.78, 5) is 24.7. The van der Waals surface area contributed by atoms with Gasteiger partial charge in [0.2, 0.25) is 0 Å². The maximum absolute atomic E-state index is 15.0. The molecule has 5 aromatic rings. The summed E-state index contributed by atoms with van der Waals surface area (Å²) in [6.07, 6.45) is 3.65. The summed E-state index contributed by atoms with van der Waals surface area (Å²) in [5, 5.41) is 1.65. The highest BCUT2D eigenvalue weighted by Gasteiger charge is 2.26. The van der Waals surface area contributed by atoms with Crippen LogP contribution in [0.15, 0.2) is 67.0 Å². The quantitative estimate of drug-likeness (QED) is 0.363. The maximum atomic E-state index is 15.0. The highest BCUT2D eigenvalue weighted by molar-refractivity contribution is 6.32. The van der Waals surface area contributed by atoms with Gasteiger partial charge in [-0.2, -0.15) is 0 Å². The topological polar surface area (TPSA) is 66.4 Å². The fourth-order valence-electron chi connectivity index (χ4n) is 4.89. The molecule has 0 saturated carbocycles. The van der Waals surface area contributed by atoms with Gasteiger partial charge >= 0.3 is 0 Å². The number of rotatable bonds is 4. The number of halogens is 2. The van der Waals surface area contributed by atoms with Crippen molar-refractivity contribution in [3.8, 4) is 11.4 Å². The van der Waals surface area contributed by atoms with E-state index in [1.54, 1.807) is 30.3 Å². The molecule has 0 bridgehead atoms. The number of nitrogens with zero attached hydrogens (tertiary/aromatic N) is 4. The summed E-state index contributed by atoms with van der Waals surface area (Å²) in [5.74, 6) is 0.707. The van der Waals surface area contributed by atoms with Crippen molar-refractivity contribution >= 4 is 45.1 Å². The number of piperazine rings is 1. The molecule has 0 aliphatic carbocycles. The van der Waals surface area contributed by atoms with Gasteiger partial charge in [0, 0.05) is 44.0 Å². The van der Waals surface area contributed by atoms with Crippen molar-refractivity contribution in [2.75, 3.05) is 38.2 Å². The summed E-state index contributed by atoms with van der Waals surface area (Å²) in [5.41, 5.74) is 2.22. The van der Waals surface area contributed by atoms with Gasteiger partial charge in [0.1, 0.15) is 5.69 Å². The third kappa shape index (κ3) is 3.65. The maximum Gasteiger partial charge on any atom is 0.270 e. The number of hydrogen-bond acceptors (Lipinski definition) is 4. The number of benzene rings is 2. The second-order valence-electron chi connectivity index (χ2n) is 8.72. The zero-order valence-electron chi connectivity index (χ0n) is 19.5. The summed E-state index contributed by atoms with van der Waals surface area (Å²) in [6, 6.07) is 16.9. The number of pyridine rings is 1. The first-order valence-corrected chi connectivity index (χ1v) is 12.0. The third-order valence-corrected chi connectivity index (χ3v) is 6.99. The standard InChI is InChI=1S/C27H23ClFN5O2/c1-36-23-7-4-9-30-26(23)32-11-13-33(14-12-32)27(35)20-15-18-22(16-19(28)24(29)25(18)31-20)34-10-8-17-5-2-3-6-21(17)34/h2-10,15-16,31H,11-14H2,1H3. The molecule has 1 aliphatic heterocycles. The normalized spacial score (nSPS) is 14.1. The Kier molecular flexibility index (Phi) is 5.53. The molecule has 2 aromatic carbocycles. The van der Waals surface area contributed by atoms with Gasteiger partial charge in [-0.3, -0.25) is 4.79 Å². The number of hydrogen-bond donors (Lipinski definition) is 1. The van der Waals surface area contributed by atoms with Gasteiger partial charge in [-0.1, -0.05) is 29.8 Å².